The molecule has 1 atom stereocenters. The Morgan fingerprint density at radius 1 is 1.38 bits per heavy atom. The van der Waals surface area contributed by atoms with Crippen molar-refractivity contribution in [1.82, 2.24) is 5.32 Å². The van der Waals surface area contributed by atoms with Crippen molar-refractivity contribution in [2.24, 2.45) is 0 Å². The fourth-order valence-electron chi connectivity index (χ4n) is 1.35. The van der Waals surface area contributed by atoms with Gasteiger partial charge in [0.05, 0.1) is 6.61 Å². The van der Waals surface area contributed by atoms with Crippen LogP contribution in [0.4, 0.5) is 4.39 Å². The van der Waals surface area contributed by atoms with E-state index in [4.69, 9.17) is 9.47 Å². The summed E-state index contributed by atoms with van der Waals surface area (Å²) in [6.45, 7) is 3.92. The predicted molar refractivity (Wildman–Crippen MR) is 61.2 cm³/mol. The molecule has 1 aromatic carbocycles. The average molecular weight is 227 g/mol. The summed E-state index contributed by atoms with van der Waals surface area (Å²) in [7, 11) is 1.60. The molecular formula is C12H18FNO2. The molecule has 0 spiro atoms. The number of ether oxygens (including phenoxy) is 2. The van der Waals surface area contributed by atoms with Gasteiger partial charge in [0.25, 0.3) is 0 Å². The minimum atomic E-state index is -0.347. The number of nitrogens with one attached hydrogen (secondary N) is 1. The molecule has 3 nitrogen and oxygen atoms in total. The van der Waals surface area contributed by atoms with E-state index in [-0.39, 0.29) is 17.7 Å². The van der Waals surface area contributed by atoms with Crippen LogP contribution in [-0.4, -0.2) is 32.9 Å². The number of benzene rings is 1. The largest absolute Gasteiger partial charge is 0.484 e. The minimum absolute atomic E-state index is 0.179. The number of hydrogen-bond donors (Lipinski definition) is 1. The monoisotopic (exact) mass is 227 g/mol. The summed E-state index contributed by atoms with van der Waals surface area (Å²) in [5.74, 6) is -0.0810. The Labute approximate surface area is 95.6 Å². The van der Waals surface area contributed by atoms with Gasteiger partial charge in [0.1, 0.15) is 6.10 Å². The zero-order chi connectivity index (χ0) is 11.8. The van der Waals surface area contributed by atoms with E-state index >= 15 is 0 Å². The first-order chi connectivity index (χ1) is 7.77. The van der Waals surface area contributed by atoms with Crippen molar-refractivity contribution in [2.75, 3.05) is 26.8 Å². The van der Waals surface area contributed by atoms with Gasteiger partial charge < -0.3 is 14.8 Å². The Morgan fingerprint density at radius 2 is 2.12 bits per heavy atom. The number of likely N-dealkylation sites (N-methyl/N-ethyl adjacent to an activating group) is 1. The van der Waals surface area contributed by atoms with Gasteiger partial charge in [0, 0.05) is 13.7 Å². The molecule has 0 bridgehead atoms. The van der Waals surface area contributed by atoms with Gasteiger partial charge in [-0.1, -0.05) is 19.1 Å². The lowest BCUT2D eigenvalue weighted by Gasteiger charge is -2.18. The summed E-state index contributed by atoms with van der Waals surface area (Å²) in [4.78, 5) is 0. The maximum absolute atomic E-state index is 13.3. The molecule has 0 aromatic heterocycles. The van der Waals surface area contributed by atoms with E-state index in [9.17, 15) is 4.39 Å². The predicted octanol–water partition coefficient (Wildman–Crippen LogP) is 1.83. The first-order valence-electron chi connectivity index (χ1n) is 5.38. The van der Waals surface area contributed by atoms with E-state index < -0.39 is 0 Å². The fraction of sp³-hybridized carbons (Fsp3) is 0.500. The lowest BCUT2D eigenvalue weighted by molar-refractivity contribution is 0.0782. The number of hydrogen-bond acceptors (Lipinski definition) is 3. The second kappa shape index (κ2) is 7.19. The van der Waals surface area contributed by atoms with Crippen molar-refractivity contribution in [3.8, 4) is 5.75 Å². The maximum Gasteiger partial charge on any atom is 0.165 e. The summed E-state index contributed by atoms with van der Waals surface area (Å²) in [6, 6.07) is 6.38. The molecule has 1 rings (SSSR count). The number of halogens is 1. The van der Waals surface area contributed by atoms with E-state index in [0.29, 0.717) is 13.2 Å². The van der Waals surface area contributed by atoms with E-state index in [1.165, 1.54) is 6.07 Å². The van der Waals surface area contributed by atoms with Gasteiger partial charge in [-0.25, -0.2) is 4.39 Å². The molecule has 0 fully saturated rings. The second-order valence-electron chi connectivity index (χ2n) is 3.43. The third-order valence-corrected chi connectivity index (χ3v) is 2.10. The molecule has 0 amide bonds. The zero-order valence-electron chi connectivity index (χ0n) is 9.70. The molecule has 0 saturated heterocycles. The van der Waals surface area contributed by atoms with Gasteiger partial charge in [0.15, 0.2) is 11.6 Å². The second-order valence-corrected chi connectivity index (χ2v) is 3.43. The van der Waals surface area contributed by atoms with E-state index in [1.807, 2.05) is 6.92 Å². The highest BCUT2D eigenvalue weighted by atomic mass is 19.1. The lowest BCUT2D eigenvalue weighted by atomic mass is 10.3. The van der Waals surface area contributed by atoms with Crippen LogP contribution >= 0.6 is 0 Å². The highest BCUT2D eigenvalue weighted by molar-refractivity contribution is 5.23. The van der Waals surface area contributed by atoms with Crippen molar-refractivity contribution < 1.29 is 13.9 Å². The standard InChI is InChI=1S/C12H18FNO2/c1-3-14-8-10(9-15-2)16-12-7-5-4-6-11(12)13/h4-7,10,14H,3,8-9H2,1-2H3. The Morgan fingerprint density at radius 3 is 2.75 bits per heavy atom. The van der Waals surface area contributed by atoms with Gasteiger partial charge in [0.2, 0.25) is 0 Å². The molecule has 16 heavy (non-hydrogen) atoms. The summed E-state index contributed by atoms with van der Waals surface area (Å²) < 4.78 is 23.9. The van der Waals surface area contributed by atoms with Crippen molar-refractivity contribution in [3.63, 3.8) is 0 Å². The quantitative estimate of drug-likeness (QED) is 0.771. The van der Waals surface area contributed by atoms with Crippen LogP contribution in [0.15, 0.2) is 24.3 Å². The Hall–Kier alpha value is -1.13. The molecule has 0 aliphatic heterocycles. The summed E-state index contributed by atoms with van der Waals surface area (Å²) in [6.07, 6.45) is -0.179. The molecule has 1 N–H and O–H groups in total. The van der Waals surface area contributed by atoms with Crippen LogP contribution < -0.4 is 10.1 Å². The summed E-state index contributed by atoms with van der Waals surface area (Å²) in [5.41, 5.74) is 0. The SMILES string of the molecule is CCNCC(COC)Oc1ccccc1F. The van der Waals surface area contributed by atoms with Crippen LogP contribution in [0.25, 0.3) is 0 Å². The molecule has 90 valence electrons. The molecule has 0 heterocycles. The van der Waals surface area contributed by atoms with Crippen LogP contribution in [0.2, 0.25) is 0 Å². The summed E-state index contributed by atoms with van der Waals surface area (Å²) >= 11 is 0. The third-order valence-electron chi connectivity index (χ3n) is 2.10. The molecule has 0 aliphatic rings. The van der Waals surface area contributed by atoms with E-state index in [1.54, 1.807) is 25.3 Å². The molecular weight excluding hydrogens is 209 g/mol. The Bertz CT molecular complexity index is 307. The smallest absolute Gasteiger partial charge is 0.165 e. The van der Waals surface area contributed by atoms with Gasteiger partial charge in [-0.3, -0.25) is 0 Å². The Balaban J connectivity index is 2.56. The first-order valence-corrected chi connectivity index (χ1v) is 5.38. The van der Waals surface area contributed by atoms with Gasteiger partial charge >= 0.3 is 0 Å². The number of methoxy groups -OCH3 is 1. The van der Waals surface area contributed by atoms with Gasteiger partial charge in [-0.15, -0.1) is 0 Å². The molecule has 0 saturated carbocycles. The van der Waals surface area contributed by atoms with Gasteiger partial charge in [-0.05, 0) is 18.7 Å². The van der Waals surface area contributed by atoms with Crippen molar-refractivity contribution in [3.05, 3.63) is 30.1 Å². The molecule has 1 aromatic rings. The normalized spacial score (nSPS) is 12.4. The van der Waals surface area contributed by atoms with Crippen LogP contribution in [0.3, 0.4) is 0 Å². The maximum atomic E-state index is 13.3. The summed E-state index contributed by atoms with van der Waals surface area (Å²) in [5, 5.41) is 3.15. The zero-order valence-corrected chi connectivity index (χ0v) is 9.70. The number of para-hydroxylation sites is 1. The lowest BCUT2D eigenvalue weighted by Crippen LogP contribution is -2.35. The number of rotatable bonds is 7. The molecule has 1 unspecified atom stereocenters. The Kier molecular flexibility index (Phi) is 5.82. The molecule has 0 radical (unpaired) electrons. The molecule has 4 heteroatoms. The van der Waals surface area contributed by atoms with Crippen molar-refractivity contribution in [1.29, 1.82) is 0 Å². The van der Waals surface area contributed by atoms with E-state index in [2.05, 4.69) is 5.32 Å². The van der Waals surface area contributed by atoms with Crippen LogP contribution in [-0.2, 0) is 4.74 Å². The van der Waals surface area contributed by atoms with Crippen LogP contribution in [0, 0.1) is 5.82 Å². The van der Waals surface area contributed by atoms with Crippen LogP contribution in [0.5, 0.6) is 5.75 Å². The van der Waals surface area contributed by atoms with E-state index in [0.717, 1.165) is 6.54 Å². The molecule has 0 aliphatic carbocycles. The van der Waals surface area contributed by atoms with Crippen molar-refractivity contribution in [2.45, 2.75) is 13.0 Å². The highest BCUT2D eigenvalue weighted by Crippen LogP contribution is 2.16. The fourth-order valence-corrected chi connectivity index (χ4v) is 1.35. The first kappa shape index (κ1) is 12.9. The minimum Gasteiger partial charge on any atom is -0.484 e. The topological polar surface area (TPSA) is 30.5 Å². The van der Waals surface area contributed by atoms with Crippen LogP contribution in [0.1, 0.15) is 6.92 Å². The highest BCUT2D eigenvalue weighted by Gasteiger charge is 2.11. The van der Waals surface area contributed by atoms with Gasteiger partial charge in [-0.2, -0.15) is 0 Å². The third kappa shape index (κ3) is 4.16. The average Bonchev–Trinajstić information content (AvgIpc) is 2.29. The van der Waals surface area contributed by atoms with Crippen molar-refractivity contribution >= 4 is 0 Å².